The van der Waals surface area contributed by atoms with Gasteiger partial charge in [0.15, 0.2) is 6.29 Å². The van der Waals surface area contributed by atoms with Gasteiger partial charge in [-0.3, -0.25) is 0 Å². The fourth-order valence-electron chi connectivity index (χ4n) is 5.79. The quantitative estimate of drug-likeness (QED) is 0.222. The number of aliphatic hydroxyl groups is 1. The van der Waals surface area contributed by atoms with Crippen LogP contribution in [0.5, 0.6) is 0 Å². The molecule has 0 bridgehead atoms. The fourth-order valence-corrected chi connectivity index (χ4v) is 7.41. The summed E-state index contributed by atoms with van der Waals surface area (Å²) in [5, 5.41) is 14.3. The second-order valence-corrected chi connectivity index (χ2v) is 14.1. The molecule has 2 fully saturated rings. The number of sulfonamides is 1. The first-order valence-electron chi connectivity index (χ1n) is 15.5. The van der Waals surface area contributed by atoms with Crippen LogP contribution in [0.3, 0.4) is 0 Å². The van der Waals surface area contributed by atoms with Crippen LogP contribution in [-0.4, -0.2) is 80.9 Å². The summed E-state index contributed by atoms with van der Waals surface area (Å²) in [4.78, 5) is 13.4. The SMILES string of the molecule is CC(C)CN(C[C@@H](O)[C@H](Cc1ccccc1)NC(=O)O[C@H]1CO[C@H]2OC[C@H](OCc3ccccc3)C21)S(=O)(=O)c1ccc(N)cc1. The molecule has 0 aromatic heterocycles. The summed E-state index contributed by atoms with van der Waals surface area (Å²) in [6, 6.07) is 24.2. The van der Waals surface area contributed by atoms with Crippen LogP contribution >= 0.6 is 0 Å². The van der Waals surface area contributed by atoms with E-state index in [-0.39, 0.29) is 49.0 Å². The number of anilines is 1. The van der Waals surface area contributed by atoms with E-state index < -0.39 is 40.7 Å². The van der Waals surface area contributed by atoms with E-state index in [2.05, 4.69) is 5.32 Å². The number of carbonyl (C=O) groups is 1. The van der Waals surface area contributed by atoms with Gasteiger partial charge >= 0.3 is 6.09 Å². The predicted molar refractivity (Wildman–Crippen MR) is 172 cm³/mol. The van der Waals surface area contributed by atoms with E-state index in [0.717, 1.165) is 11.1 Å². The largest absolute Gasteiger partial charge is 0.443 e. The number of nitrogens with zero attached hydrogens (tertiary/aromatic N) is 1. The normalized spacial score (nSPS) is 22.5. The number of alkyl carbamates (subject to hydrolysis) is 1. The summed E-state index contributed by atoms with van der Waals surface area (Å²) < 4.78 is 52.1. The topological polar surface area (TPSA) is 150 Å². The van der Waals surface area contributed by atoms with Gasteiger partial charge in [-0.15, -0.1) is 0 Å². The third-order valence-electron chi connectivity index (χ3n) is 8.13. The zero-order valence-electron chi connectivity index (χ0n) is 26.1. The van der Waals surface area contributed by atoms with Crippen molar-refractivity contribution in [1.82, 2.24) is 9.62 Å². The van der Waals surface area contributed by atoms with Crippen LogP contribution in [0.25, 0.3) is 0 Å². The highest BCUT2D eigenvalue weighted by atomic mass is 32.2. The van der Waals surface area contributed by atoms with Gasteiger partial charge in [0.2, 0.25) is 10.0 Å². The maximum Gasteiger partial charge on any atom is 0.407 e. The summed E-state index contributed by atoms with van der Waals surface area (Å²) in [5.74, 6) is -0.346. The van der Waals surface area contributed by atoms with Crippen molar-refractivity contribution in [2.45, 2.75) is 62.4 Å². The molecule has 0 saturated carbocycles. The number of benzene rings is 3. The molecule has 2 heterocycles. The molecule has 1 unspecified atom stereocenters. The van der Waals surface area contributed by atoms with Gasteiger partial charge in [-0.05, 0) is 47.7 Å². The van der Waals surface area contributed by atoms with Crippen LogP contribution in [0.15, 0.2) is 89.8 Å². The van der Waals surface area contributed by atoms with Gasteiger partial charge in [-0.25, -0.2) is 13.2 Å². The Balaban J connectivity index is 1.28. The molecule has 11 nitrogen and oxygen atoms in total. The molecule has 2 aliphatic rings. The number of rotatable bonds is 14. The number of aliphatic hydroxyl groups excluding tert-OH is 1. The maximum atomic E-state index is 13.7. The molecule has 6 atom stereocenters. The van der Waals surface area contributed by atoms with Gasteiger partial charge in [0.25, 0.3) is 0 Å². The van der Waals surface area contributed by atoms with Gasteiger partial charge in [-0.2, -0.15) is 4.31 Å². The summed E-state index contributed by atoms with van der Waals surface area (Å²) in [5.41, 5.74) is 8.09. The smallest absolute Gasteiger partial charge is 0.407 e. The minimum Gasteiger partial charge on any atom is -0.443 e. The molecule has 248 valence electrons. The highest BCUT2D eigenvalue weighted by molar-refractivity contribution is 7.89. The Morgan fingerprint density at radius 1 is 0.935 bits per heavy atom. The van der Waals surface area contributed by atoms with E-state index >= 15 is 0 Å². The summed E-state index contributed by atoms with van der Waals surface area (Å²) in [6.07, 6.45) is -3.29. The minimum absolute atomic E-state index is 0.0257. The van der Waals surface area contributed by atoms with Gasteiger partial charge in [0, 0.05) is 18.8 Å². The monoisotopic (exact) mass is 653 g/mol. The molecule has 4 N–H and O–H groups in total. The average Bonchev–Trinajstić information content (AvgIpc) is 3.63. The zero-order valence-corrected chi connectivity index (χ0v) is 26.9. The number of ether oxygens (including phenoxy) is 4. The maximum absolute atomic E-state index is 13.7. The molecule has 3 aromatic rings. The lowest BCUT2D eigenvalue weighted by Crippen LogP contribution is -2.52. The van der Waals surface area contributed by atoms with Gasteiger partial charge in [-0.1, -0.05) is 74.5 Å². The Kier molecular flexibility index (Phi) is 11.3. The predicted octanol–water partition coefficient (Wildman–Crippen LogP) is 3.57. The molecule has 0 radical (unpaired) electrons. The van der Waals surface area contributed by atoms with Gasteiger partial charge in [0.1, 0.15) is 6.10 Å². The number of fused-ring (bicyclic) bond motifs is 1. The molecule has 46 heavy (non-hydrogen) atoms. The van der Waals surface area contributed by atoms with Crippen molar-refractivity contribution in [2.75, 3.05) is 32.0 Å². The molecular weight excluding hydrogens is 610 g/mol. The fraction of sp³-hybridized carbons (Fsp3) is 0.441. The zero-order chi connectivity index (χ0) is 32.7. The number of carbonyl (C=O) groups excluding carboxylic acids is 1. The van der Waals surface area contributed by atoms with Crippen molar-refractivity contribution >= 4 is 21.8 Å². The van der Waals surface area contributed by atoms with Crippen LogP contribution < -0.4 is 11.1 Å². The molecule has 0 spiro atoms. The van der Waals surface area contributed by atoms with E-state index in [1.807, 2.05) is 74.5 Å². The average molecular weight is 654 g/mol. The molecule has 0 aliphatic carbocycles. The van der Waals surface area contributed by atoms with E-state index in [0.29, 0.717) is 18.9 Å². The van der Waals surface area contributed by atoms with E-state index in [1.54, 1.807) is 0 Å². The lowest BCUT2D eigenvalue weighted by atomic mass is 10.00. The standard InChI is InChI=1S/C34H43N3O8S/c1-23(2)18-37(46(40,41)27-15-13-26(35)14-16-27)19-29(38)28(17-24-9-5-3-6-10-24)36-34(39)45-31-22-44-33-32(31)30(21-43-33)42-20-25-11-7-4-8-12-25/h3-16,23,28-33,38H,17-22,35H2,1-2H3,(H,36,39)/t28-,29+,30-,31-,32?,33+/m0/s1. The van der Waals surface area contributed by atoms with Gasteiger partial charge < -0.3 is 35.1 Å². The van der Waals surface area contributed by atoms with Crippen molar-refractivity contribution < 1.29 is 37.3 Å². The Morgan fingerprint density at radius 2 is 1.54 bits per heavy atom. The summed E-state index contributed by atoms with van der Waals surface area (Å²) >= 11 is 0. The Hall–Kier alpha value is -3.52. The molecule has 1 amide bonds. The number of nitrogens with two attached hydrogens (primary N) is 1. The highest BCUT2D eigenvalue weighted by Gasteiger charge is 2.50. The van der Waals surface area contributed by atoms with Crippen LogP contribution in [0.1, 0.15) is 25.0 Å². The summed E-state index contributed by atoms with van der Waals surface area (Å²) in [6.45, 7) is 4.55. The lowest BCUT2D eigenvalue weighted by molar-refractivity contribution is -0.0916. The van der Waals surface area contributed by atoms with Gasteiger partial charge in [0.05, 0.1) is 48.9 Å². The molecule has 2 aliphatic heterocycles. The van der Waals surface area contributed by atoms with Crippen LogP contribution in [0.2, 0.25) is 0 Å². The number of nitrogen functional groups attached to an aromatic ring is 1. The number of hydrogen-bond donors (Lipinski definition) is 3. The van der Waals surface area contributed by atoms with Crippen LogP contribution in [0, 0.1) is 11.8 Å². The number of nitrogens with one attached hydrogen (secondary N) is 1. The number of hydrogen-bond acceptors (Lipinski definition) is 9. The molecule has 5 rings (SSSR count). The number of amides is 1. The third kappa shape index (κ3) is 8.64. The first kappa shape index (κ1) is 33.8. The molecule has 12 heteroatoms. The van der Waals surface area contributed by atoms with Crippen LogP contribution in [0.4, 0.5) is 10.5 Å². The van der Waals surface area contributed by atoms with Crippen molar-refractivity contribution in [3.8, 4) is 0 Å². The Morgan fingerprint density at radius 3 is 2.17 bits per heavy atom. The Labute approximate surface area is 270 Å². The van der Waals surface area contributed by atoms with Crippen molar-refractivity contribution in [3.05, 3.63) is 96.1 Å². The lowest BCUT2D eigenvalue weighted by Gasteiger charge is -2.31. The minimum atomic E-state index is -3.97. The van der Waals surface area contributed by atoms with Crippen molar-refractivity contribution in [2.24, 2.45) is 11.8 Å². The molecule has 3 aromatic carbocycles. The highest BCUT2D eigenvalue weighted by Crippen LogP contribution is 2.35. The first-order chi connectivity index (χ1) is 22.1. The second-order valence-electron chi connectivity index (χ2n) is 12.2. The Bertz CT molecular complexity index is 1510. The van der Waals surface area contributed by atoms with E-state index in [9.17, 15) is 18.3 Å². The molecule has 2 saturated heterocycles. The second kappa shape index (κ2) is 15.4. The van der Waals surface area contributed by atoms with Crippen molar-refractivity contribution in [1.29, 1.82) is 0 Å². The first-order valence-corrected chi connectivity index (χ1v) is 17.0. The third-order valence-corrected chi connectivity index (χ3v) is 9.98. The van der Waals surface area contributed by atoms with E-state index in [1.165, 1.54) is 28.6 Å². The molecular formula is C34H43N3O8S. The van der Waals surface area contributed by atoms with E-state index in [4.69, 9.17) is 24.7 Å². The van der Waals surface area contributed by atoms with Crippen molar-refractivity contribution in [3.63, 3.8) is 0 Å². The van der Waals surface area contributed by atoms with Crippen LogP contribution in [-0.2, 0) is 42.0 Å². The summed E-state index contributed by atoms with van der Waals surface area (Å²) in [7, 11) is -3.97.